The highest BCUT2D eigenvalue weighted by atomic mass is 35.5. The predicted molar refractivity (Wildman–Crippen MR) is 82.9 cm³/mol. The summed E-state index contributed by atoms with van der Waals surface area (Å²) in [6, 6.07) is 4.52. The highest BCUT2D eigenvalue weighted by molar-refractivity contribution is 8.07. The fourth-order valence-electron chi connectivity index (χ4n) is 2.15. The summed E-state index contributed by atoms with van der Waals surface area (Å²) in [5.41, 5.74) is 0.794. The van der Waals surface area contributed by atoms with Gasteiger partial charge in [-0.15, -0.1) is 11.8 Å². The van der Waals surface area contributed by atoms with Crippen LogP contribution in [0.3, 0.4) is 0 Å². The average Bonchev–Trinajstić information content (AvgIpc) is 2.43. The van der Waals surface area contributed by atoms with E-state index in [2.05, 4.69) is 6.92 Å². The molecule has 1 nitrogen and oxygen atoms in total. The first-order valence-electron chi connectivity index (χ1n) is 6.31. The number of benzene rings is 1. The molecular formula is C14H16ClFOS2. The summed E-state index contributed by atoms with van der Waals surface area (Å²) in [5.74, 6) is 1.94. The van der Waals surface area contributed by atoms with Gasteiger partial charge in [-0.2, -0.15) is 11.8 Å². The van der Waals surface area contributed by atoms with Gasteiger partial charge in [0, 0.05) is 23.2 Å². The minimum Gasteiger partial charge on any atom is -0.298 e. The maximum atomic E-state index is 13.1. The van der Waals surface area contributed by atoms with Gasteiger partial charge in [-0.25, -0.2) is 4.39 Å². The molecule has 1 saturated heterocycles. The smallest absolute Gasteiger partial charge is 0.151 e. The molecular weight excluding hydrogens is 303 g/mol. The molecule has 0 spiro atoms. The molecule has 1 aromatic carbocycles. The minimum absolute atomic E-state index is 0.0626. The number of Topliss-reactive ketones (excluding diaryl/α,β-unsaturated/α-hetero) is 1. The van der Waals surface area contributed by atoms with Gasteiger partial charge in [0.25, 0.3) is 0 Å². The van der Waals surface area contributed by atoms with Crippen LogP contribution in [0.5, 0.6) is 0 Å². The summed E-state index contributed by atoms with van der Waals surface area (Å²) in [4.78, 5) is 12.4. The van der Waals surface area contributed by atoms with Crippen LogP contribution >= 0.6 is 35.1 Å². The third-order valence-electron chi connectivity index (χ3n) is 3.13. The molecule has 0 aliphatic carbocycles. The molecule has 0 amide bonds. The number of carbonyl (C=O) groups is 1. The van der Waals surface area contributed by atoms with Crippen molar-refractivity contribution in [3.63, 3.8) is 0 Å². The molecule has 1 aliphatic heterocycles. The van der Waals surface area contributed by atoms with E-state index in [1.165, 1.54) is 6.07 Å². The third kappa shape index (κ3) is 3.89. The van der Waals surface area contributed by atoms with Crippen LogP contribution in [0.15, 0.2) is 18.2 Å². The van der Waals surface area contributed by atoms with Gasteiger partial charge in [0.15, 0.2) is 5.78 Å². The topological polar surface area (TPSA) is 17.1 Å². The normalized spacial score (nSPS) is 23.3. The Morgan fingerprint density at radius 2 is 2.16 bits per heavy atom. The van der Waals surface area contributed by atoms with Gasteiger partial charge in [0.05, 0.1) is 10.3 Å². The molecule has 0 bridgehead atoms. The van der Waals surface area contributed by atoms with Crippen molar-refractivity contribution in [2.24, 2.45) is 0 Å². The minimum atomic E-state index is -0.438. The van der Waals surface area contributed by atoms with Crippen molar-refractivity contribution >= 4 is 40.9 Å². The van der Waals surface area contributed by atoms with Gasteiger partial charge < -0.3 is 0 Å². The molecule has 5 heteroatoms. The van der Waals surface area contributed by atoms with Crippen LogP contribution in [-0.4, -0.2) is 27.8 Å². The lowest BCUT2D eigenvalue weighted by molar-refractivity contribution is -0.117. The Morgan fingerprint density at radius 3 is 2.84 bits per heavy atom. The van der Waals surface area contributed by atoms with E-state index in [0.717, 1.165) is 23.5 Å². The van der Waals surface area contributed by atoms with Crippen LogP contribution in [0.25, 0.3) is 0 Å². The summed E-state index contributed by atoms with van der Waals surface area (Å²) in [6.07, 6.45) is 1.35. The van der Waals surface area contributed by atoms with Crippen molar-refractivity contribution in [1.82, 2.24) is 0 Å². The van der Waals surface area contributed by atoms with Gasteiger partial charge in [-0.3, -0.25) is 4.79 Å². The Kier molecular flexibility index (Phi) is 5.60. The molecule has 0 saturated carbocycles. The molecule has 0 aromatic heterocycles. The maximum Gasteiger partial charge on any atom is 0.151 e. The Hall–Kier alpha value is -0.190. The molecule has 2 unspecified atom stereocenters. The highest BCUT2D eigenvalue weighted by Gasteiger charge is 2.30. The summed E-state index contributed by atoms with van der Waals surface area (Å²) < 4.78 is 13.1. The Labute approximate surface area is 126 Å². The number of hydrogen-bond donors (Lipinski definition) is 0. The van der Waals surface area contributed by atoms with Gasteiger partial charge >= 0.3 is 0 Å². The van der Waals surface area contributed by atoms with Crippen molar-refractivity contribution < 1.29 is 9.18 Å². The summed E-state index contributed by atoms with van der Waals surface area (Å²) in [6.45, 7) is 2.12. The second kappa shape index (κ2) is 7.00. The molecule has 19 heavy (non-hydrogen) atoms. The largest absolute Gasteiger partial charge is 0.298 e. The van der Waals surface area contributed by atoms with Crippen LogP contribution in [0, 0.1) is 5.82 Å². The first-order valence-corrected chi connectivity index (χ1v) is 8.79. The average molecular weight is 319 g/mol. The van der Waals surface area contributed by atoms with Crippen LogP contribution in [0.1, 0.15) is 18.9 Å². The van der Waals surface area contributed by atoms with E-state index in [1.807, 2.05) is 11.8 Å². The van der Waals surface area contributed by atoms with Crippen LogP contribution in [0.4, 0.5) is 4.39 Å². The molecule has 1 aromatic rings. The molecule has 1 heterocycles. The monoisotopic (exact) mass is 318 g/mol. The summed E-state index contributed by atoms with van der Waals surface area (Å²) in [7, 11) is 0. The van der Waals surface area contributed by atoms with Crippen molar-refractivity contribution in [3.05, 3.63) is 34.6 Å². The van der Waals surface area contributed by atoms with E-state index in [4.69, 9.17) is 11.6 Å². The first kappa shape index (κ1) is 15.2. The maximum absolute atomic E-state index is 13.1. The second-order valence-electron chi connectivity index (χ2n) is 4.50. The van der Waals surface area contributed by atoms with Crippen molar-refractivity contribution in [3.8, 4) is 0 Å². The van der Waals surface area contributed by atoms with E-state index in [0.29, 0.717) is 11.7 Å². The number of rotatable bonds is 4. The zero-order valence-corrected chi connectivity index (χ0v) is 13.1. The Bertz CT molecular complexity index is 467. The number of halogens is 2. The van der Waals surface area contributed by atoms with Crippen molar-refractivity contribution in [2.45, 2.75) is 30.3 Å². The van der Waals surface area contributed by atoms with Crippen LogP contribution < -0.4 is 0 Å². The lowest BCUT2D eigenvalue weighted by atomic mass is 10.0. The fraction of sp³-hybridized carbons (Fsp3) is 0.500. The SMILES string of the molecule is CCC1SCCSC1C(=O)Cc1ccc(F)c(Cl)c1. The van der Waals surface area contributed by atoms with Crippen LogP contribution in [-0.2, 0) is 11.2 Å². The summed E-state index contributed by atoms with van der Waals surface area (Å²) in [5, 5.41) is 0.553. The molecule has 1 fully saturated rings. The van der Waals surface area contributed by atoms with Gasteiger partial charge in [-0.05, 0) is 24.1 Å². The van der Waals surface area contributed by atoms with Crippen LogP contribution in [0.2, 0.25) is 5.02 Å². The molecule has 2 rings (SSSR count). The van der Waals surface area contributed by atoms with E-state index < -0.39 is 5.82 Å². The van der Waals surface area contributed by atoms with Gasteiger partial charge in [-0.1, -0.05) is 24.6 Å². The number of carbonyl (C=O) groups excluding carboxylic acids is 1. The van der Waals surface area contributed by atoms with E-state index in [1.54, 1.807) is 23.9 Å². The van der Waals surface area contributed by atoms with E-state index in [-0.39, 0.29) is 16.1 Å². The lowest BCUT2D eigenvalue weighted by Gasteiger charge is -2.28. The molecule has 2 atom stereocenters. The standard InChI is InChI=1S/C14H16ClFOS2/c1-2-13-14(19-6-5-18-13)12(17)8-9-3-4-11(16)10(15)7-9/h3-4,7,13-14H,2,5-6,8H2,1H3. The fourth-order valence-corrected chi connectivity index (χ4v) is 5.39. The highest BCUT2D eigenvalue weighted by Crippen LogP contribution is 2.34. The van der Waals surface area contributed by atoms with E-state index in [9.17, 15) is 9.18 Å². The van der Waals surface area contributed by atoms with Gasteiger partial charge in [0.2, 0.25) is 0 Å². The zero-order valence-electron chi connectivity index (χ0n) is 10.7. The Morgan fingerprint density at radius 1 is 1.42 bits per heavy atom. The second-order valence-corrected chi connectivity index (χ2v) is 7.50. The summed E-state index contributed by atoms with van der Waals surface area (Å²) >= 11 is 9.38. The molecule has 0 N–H and O–H groups in total. The van der Waals surface area contributed by atoms with Crippen molar-refractivity contribution in [2.75, 3.05) is 11.5 Å². The number of hydrogen-bond acceptors (Lipinski definition) is 3. The molecule has 0 radical (unpaired) electrons. The molecule has 1 aliphatic rings. The van der Waals surface area contributed by atoms with Gasteiger partial charge in [0.1, 0.15) is 5.82 Å². The predicted octanol–water partition coefficient (Wildman–Crippen LogP) is 4.22. The zero-order chi connectivity index (χ0) is 13.8. The number of ketones is 1. The molecule has 104 valence electrons. The Balaban J connectivity index is 2.05. The lowest BCUT2D eigenvalue weighted by Crippen LogP contribution is -2.33. The quantitative estimate of drug-likeness (QED) is 0.827. The van der Waals surface area contributed by atoms with E-state index >= 15 is 0 Å². The van der Waals surface area contributed by atoms with Crippen molar-refractivity contribution in [1.29, 1.82) is 0 Å². The number of thioether (sulfide) groups is 2. The first-order chi connectivity index (χ1) is 9.11. The third-order valence-corrected chi connectivity index (χ3v) is 6.72.